The number of nitrogens with one attached hydrogen (secondary N) is 2. The maximum Gasteiger partial charge on any atom is 0.237 e. The van der Waals surface area contributed by atoms with Gasteiger partial charge in [0, 0.05) is 18.2 Å². The van der Waals surface area contributed by atoms with Crippen molar-refractivity contribution < 1.29 is 9.53 Å². The molecule has 4 heteroatoms. The third-order valence-corrected chi connectivity index (χ3v) is 2.86. The smallest absolute Gasteiger partial charge is 0.237 e. The Labute approximate surface area is 104 Å². The van der Waals surface area contributed by atoms with Gasteiger partial charge in [-0.25, -0.2) is 0 Å². The summed E-state index contributed by atoms with van der Waals surface area (Å²) in [6.07, 6.45) is 2.25. The summed E-state index contributed by atoms with van der Waals surface area (Å²) in [4.78, 5) is 11.9. The van der Waals surface area contributed by atoms with Crippen LogP contribution in [0.4, 0.5) is 0 Å². The summed E-state index contributed by atoms with van der Waals surface area (Å²) >= 11 is 0. The lowest BCUT2D eigenvalue weighted by Gasteiger charge is -2.31. The van der Waals surface area contributed by atoms with E-state index in [-0.39, 0.29) is 17.5 Å². The molecule has 1 amide bonds. The Morgan fingerprint density at radius 3 is 2.59 bits per heavy atom. The van der Waals surface area contributed by atoms with E-state index in [1.807, 2.05) is 27.7 Å². The average molecular weight is 242 g/mol. The van der Waals surface area contributed by atoms with Crippen LogP contribution in [0.5, 0.6) is 0 Å². The molecule has 17 heavy (non-hydrogen) atoms. The lowest BCUT2D eigenvalue weighted by Crippen LogP contribution is -2.53. The predicted octanol–water partition coefficient (Wildman–Crippen LogP) is 1.45. The van der Waals surface area contributed by atoms with Gasteiger partial charge in [0.05, 0.1) is 12.1 Å². The molecule has 0 aromatic heterocycles. The molecular weight excluding hydrogens is 216 g/mol. The summed E-state index contributed by atoms with van der Waals surface area (Å²) in [7, 11) is 0. The van der Waals surface area contributed by atoms with Crippen molar-refractivity contribution in [2.45, 2.75) is 71.2 Å². The zero-order valence-corrected chi connectivity index (χ0v) is 11.7. The maximum atomic E-state index is 11.9. The van der Waals surface area contributed by atoms with E-state index in [1.165, 1.54) is 0 Å². The highest BCUT2D eigenvalue weighted by molar-refractivity contribution is 5.81. The van der Waals surface area contributed by atoms with Gasteiger partial charge in [-0.3, -0.25) is 4.79 Å². The van der Waals surface area contributed by atoms with Crippen LogP contribution in [0.2, 0.25) is 0 Å². The van der Waals surface area contributed by atoms with E-state index in [0.29, 0.717) is 12.1 Å². The van der Waals surface area contributed by atoms with Crippen molar-refractivity contribution in [1.29, 1.82) is 0 Å². The first-order valence-corrected chi connectivity index (χ1v) is 6.47. The summed E-state index contributed by atoms with van der Waals surface area (Å²) in [5.41, 5.74) is -0.171. The van der Waals surface area contributed by atoms with Gasteiger partial charge >= 0.3 is 0 Å². The molecule has 1 aliphatic rings. The minimum absolute atomic E-state index is 0.0663. The first-order valence-electron chi connectivity index (χ1n) is 6.47. The van der Waals surface area contributed by atoms with Gasteiger partial charge in [-0.2, -0.15) is 0 Å². The summed E-state index contributed by atoms with van der Waals surface area (Å²) in [5.74, 6) is 0.0663. The van der Waals surface area contributed by atoms with Gasteiger partial charge in [0.2, 0.25) is 5.91 Å². The highest BCUT2D eigenvalue weighted by Gasteiger charge is 2.24. The third kappa shape index (κ3) is 5.50. The van der Waals surface area contributed by atoms with Gasteiger partial charge in [0.25, 0.3) is 0 Å². The minimum atomic E-state index is -0.171. The van der Waals surface area contributed by atoms with Gasteiger partial charge in [-0.1, -0.05) is 0 Å². The molecular formula is C13H26N2O2. The van der Waals surface area contributed by atoms with Crippen LogP contribution < -0.4 is 10.6 Å². The summed E-state index contributed by atoms with van der Waals surface area (Å²) in [6.45, 7) is 10.8. The molecule has 1 aliphatic heterocycles. The van der Waals surface area contributed by atoms with E-state index >= 15 is 0 Å². The van der Waals surface area contributed by atoms with Crippen molar-refractivity contribution in [3.8, 4) is 0 Å². The second-order valence-electron chi connectivity index (χ2n) is 6.03. The van der Waals surface area contributed by atoms with E-state index < -0.39 is 0 Å². The maximum absolute atomic E-state index is 11.9. The van der Waals surface area contributed by atoms with Gasteiger partial charge in [0.1, 0.15) is 0 Å². The van der Waals surface area contributed by atoms with E-state index in [9.17, 15) is 4.79 Å². The standard InChI is InChI=1S/C13H26N2O2/c1-9-8-11(6-7-17-9)14-10(2)12(16)15-13(3,4)5/h9-11,14H,6-8H2,1-5H3,(H,15,16). The Bertz CT molecular complexity index is 261. The highest BCUT2D eigenvalue weighted by Crippen LogP contribution is 2.13. The molecule has 1 saturated heterocycles. The van der Waals surface area contributed by atoms with Gasteiger partial charge in [0.15, 0.2) is 0 Å². The zero-order valence-electron chi connectivity index (χ0n) is 11.7. The topological polar surface area (TPSA) is 50.4 Å². The summed E-state index contributed by atoms with van der Waals surface area (Å²) < 4.78 is 5.49. The molecule has 0 spiro atoms. The molecule has 0 bridgehead atoms. The number of rotatable bonds is 3. The van der Waals surface area contributed by atoms with Crippen LogP contribution in [0.15, 0.2) is 0 Å². The van der Waals surface area contributed by atoms with Gasteiger partial charge in [-0.05, 0) is 47.5 Å². The normalized spacial score (nSPS) is 27.6. The number of hydrogen-bond donors (Lipinski definition) is 2. The summed E-state index contributed by atoms with van der Waals surface area (Å²) in [6, 6.07) is 0.240. The molecule has 0 radical (unpaired) electrons. The van der Waals surface area contributed by atoms with Crippen LogP contribution in [0, 0.1) is 0 Å². The monoisotopic (exact) mass is 242 g/mol. The minimum Gasteiger partial charge on any atom is -0.378 e. The number of amides is 1. The molecule has 1 fully saturated rings. The first kappa shape index (κ1) is 14.5. The Morgan fingerprint density at radius 2 is 2.06 bits per heavy atom. The van der Waals surface area contributed by atoms with Gasteiger partial charge in [-0.15, -0.1) is 0 Å². The van der Waals surface area contributed by atoms with E-state index in [0.717, 1.165) is 19.4 Å². The lowest BCUT2D eigenvalue weighted by molar-refractivity contribution is -0.124. The fourth-order valence-corrected chi connectivity index (χ4v) is 2.06. The number of ether oxygens (including phenoxy) is 1. The van der Waals surface area contributed by atoms with Crippen LogP contribution >= 0.6 is 0 Å². The summed E-state index contributed by atoms with van der Waals surface area (Å²) in [5, 5.41) is 6.37. The van der Waals surface area contributed by atoms with Crippen LogP contribution in [0.3, 0.4) is 0 Å². The fraction of sp³-hybridized carbons (Fsp3) is 0.923. The number of carbonyl (C=O) groups excluding carboxylic acids is 1. The molecule has 1 rings (SSSR count). The quantitative estimate of drug-likeness (QED) is 0.787. The largest absolute Gasteiger partial charge is 0.378 e. The van der Waals surface area contributed by atoms with Crippen LogP contribution in [-0.2, 0) is 9.53 Å². The number of hydrogen-bond acceptors (Lipinski definition) is 3. The fourth-order valence-electron chi connectivity index (χ4n) is 2.06. The van der Waals surface area contributed by atoms with E-state index in [4.69, 9.17) is 4.74 Å². The Morgan fingerprint density at radius 1 is 1.41 bits per heavy atom. The SMILES string of the molecule is CC1CC(NC(C)C(=O)NC(C)(C)C)CCO1. The lowest BCUT2D eigenvalue weighted by atomic mass is 10.0. The molecule has 0 saturated carbocycles. The number of carbonyl (C=O) groups is 1. The highest BCUT2D eigenvalue weighted by atomic mass is 16.5. The van der Waals surface area contributed by atoms with E-state index in [1.54, 1.807) is 0 Å². The van der Waals surface area contributed by atoms with Crippen molar-refractivity contribution in [3.63, 3.8) is 0 Å². The molecule has 3 atom stereocenters. The van der Waals surface area contributed by atoms with Crippen molar-refractivity contribution in [3.05, 3.63) is 0 Å². The Kier molecular flexibility index (Phi) is 4.95. The zero-order chi connectivity index (χ0) is 13.1. The second-order valence-corrected chi connectivity index (χ2v) is 6.03. The molecule has 100 valence electrons. The molecule has 2 N–H and O–H groups in total. The second kappa shape index (κ2) is 5.83. The average Bonchev–Trinajstić information content (AvgIpc) is 2.14. The molecule has 0 aliphatic carbocycles. The molecule has 0 aromatic carbocycles. The van der Waals surface area contributed by atoms with Crippen LogP contribution in [0.25, 0.3) is 0 Å². The van der Waals surface area contributed by atoms with Crippen molar-refractivity contribution in [2.24, 2.45) is 0 Å². The molecule has 4 nitrogen and oxygen atoms in total. The molecule has 0 aromatic rings. The van der Waals surface area contributed by atoms with Crippen molar-refractivity contribution in [1.82, 2.24) is 10.6 Å². The van der Waals surface area contributed by atoms with E-state index in [2.05, 4.69) is 17.6 Å². The van der Waals surface area contributed by atoms with Crippen LogP contribution in [0.1, 0.15) is 47.5 Å². The Hall–Kier alpha value is -0.610. The van der Waals surface area contributed by atoms with Gasteiger partial charge < -0.3 is 15.4 Å². The molecule has 1 heterocycles. The molecule has 3 unspecified atom stereocenters. The first-order chi connectivity index (χ1) is 7.78. The predicted molar refractivity (Wildman–Crippen MR) is 68.9 cm³/mol. The van der Waals surface area contributed by atoms with Crippen LogP contribution in [-0.4, -0.2) is 36.2 Å². The third-order valence-electron chi connectivity index (χ3n) is 2.86. The van der Waals surface area contributed by atoms with Crippen molar-refractivity contribution in [2.75, 3.05) is 6.61 Å². The Balaban J connectivity index is 2.37. The van der Waals surface area contributed by atoms with Crippen molar-refractivity contribution >= 4 is 5.91 Å².